The van der Waals surface area contributed by atoms with Gasteiger partial charge in [-0.3, -0.25) is 0 Å². The van der Waals surface area contributed by atoms with Gasteiger partial charge in [-0.2, -0.15) is 0 Å². The summed E-state index contributed by atoms with van der Waals surface area (Å²) in [4.78, 5) is 0. The highest BCUT2D eigenvalue weighted by Crippen LogP contribution is 2.32. The summed E-state index contributed by atoms with van der Waals surface area (Å²) in [6.07, 6.45) is 4.05. The standard InChI is InChI=1S/C14H21N/c1-14(2,3)12-9-4-5-10-13(12)15-11-7-6-8-11/h4-5,9-11,15H,6-8H2,1-3H3. The number of rotatable bonds is 2. The third-order valence-corrected chi connectivity index (χ3v) is 3.20. The van der Waals surface area contributed by atoms with E-state index in [2.05, 4.69) is 50.4 Å². The molecule has 0 heterocycles. The average molecular weight is 203 g/mol. The predicted octanol–water partition coefficient (Wildman–Crippen LogP) is 3.95. The molecule has 1 fully saturated rings. The lowest BCUT2D eigenvalue weighted by Crippen LogP contribution is -2.28. The molecule has 15 heavy (non-hydrogen) atoms. The van der Waals surface area contributed by atoms with Crippen molar-refractivity contribution < 1.29 is 0 Å². The Balaban J connectivity index is 2.21. The minimum atomic E-state index is 0.230. The molecule has 1 aliphatic carbocycles. The van der Waals surface area contributed by atoms with Gasteiger partial charge in [-0.1, -0.05) is 39.0 Å². The fourth-order valence-corrected chi connectivity index (χ4v) is 2.04. The summed E-state index contributed by atoms with van der Waals surface area (Å²) in [6, 6.07) is 9.41. The van der Waals surface area contributed by atoms with Crippen LogP contribution in [0.2, 0.25) is 0 Å². The summed E-state index contributed by atoms with van der Waals surface area (Å²) in [5, 5.41) is 3.65. The number of benzene rings is 1. The van der Waals surface area contributed by atoms with Crippen molar-refractivity contribution in [1.29, 1.82) is 0 Å². The molecule has 0 spiro atoms. The first-order valence-corrected chi connectivity index (χ1v) is 5.93. The fraction of sp³-hybridized carbons (Fsp3) is 0.571. The smallest absolute Gasteiger partial charge is 0.0380 e. The average Bonchev–Trinajstić information content (AvgIpc) is 2.10. The predicted molar refractivity (Wildman–Crippen MR) is 66.4 cm³/mol. The molecule has 1 nitrogen and oxygen atoms in total. The van der Waals surface area contributed by atoms with Crippen LogP contribution in [0.4, 0.5) is 5.69 Å². The Hall–Kier alpha value is -0.980. The normalized spacial score (nSPS) is 17.3. The van der Waals surface area contributed by atoms with Crippen molar-refractivity contribution in [1.82, 2.24) is 0 Å². The molecule has 0 radical (unpaired) electrons. The van der Waals surface area contributed by atoms with Crippen molar-refractivity contribution in [3.05, 3.63) is 29.8 Å². The van der Waals surface area contributed by atoms with Crippen LogP contribution in [0.3, 0.4) is 0 Å². The summed E-state index contributed by atoms with van der Waals surface area (Å²) in [7, 11) is 0. The van der Waals surface area contributed by atoms with Gasteiger partial charge in [-0.25, -0.2) is 0 Å². The van der Waals surface area contributed by atoms with Crippen LogP contribution in [0.5, 0.6) is 0 Å². The highest BCUT2D eigenvalue weighted by atomic mass is 14.9. The minimum absolute atomic E-state index is 0.230. The van der Waals surface area contributed by atoms with Gasteiger partial charge in [0.15, 0.2) is 0 Å². The summed E-state index contributed by atoms with van der Waals surface area (Å²) in [5.74, 6) is 0. The van der Waals surface area contributed by atoms with E-state index in [1.807, 2.05) is 0 Å². The Bertz CT molecular complexity index is 331. The first-order chi connectivity index (χ1) is 7.07. The second-order valence-corrected chi connectivity index (χ2v) is 5.57. The Morgan fingerprint density at radius 3 is 2.33 bits per heavy atom. The molecule has 0 amide bonds. The summed E-state index contributed by atoms with van der Waals surface area (Å²) < 4.78 is 0. The van der Waals surface area contributed by atoms with Crippen LogP contribution in [0.15, 0.2) is 24.3 Å². The van der Waals surface area contributed by atoms with Crippen LogP contribution in [-0.2, 0) is 5.41 Å². The molecular formula is C14H21N. The van der Waals surface area contributed by atoms with Crippen LogP contribution in [-0.4, -0.2) is 6.04 Å². The SMILES string of the molecule is CC(C)(C)c1ccccc1NC1CCC1. The Morgan fingerprint density at radius 2 is 1.80 bits per heavy atom. The molecule has 1 aromatic rings. The van der Waals surface area contributed by atoms with E-state index in [-0.39, 0.29) is 5.41 Å². The van der Waals surface area contributed by atoms with E-state index in [4.69, 9.17) is 0 Å². The molecule has 0 saturated heterocycles. The second kappa shape index (κ2) is 3.88. The summed E-state index contributed by atoms with van der Waals surface area (Å²) in [5.41, 5.74) is 2.99. The molecule has 1 heteroatoms. The van der Waals surface area contributed by atoms with Crippen LogP contribution in [0.1, 0.15) is 45.6 Å². The maximum Gasteiger partial charge on any atom is 0.0380 e. The van der Waals surface area contributed by atoms with E-state index in [9.17, 15) is 0 Å². The molecule has 0 aromatic heterocycles. The van der Waals surface area contributed by atoms with Crippen LogP contribution < -0.4 is 5.32 Å². The third kappa shape index (κ3) is 2.34. The molecule has 1 aliphatic rings. The zero-order valence-electron chi connectivity index (χ0n) is 10.0. The zero-order chi connectivity index (χ0) is 10.9. The number of anilines is 1. The Kier molecular flexibility index (Phi) is 2.72. The van der Waals surface area contributed by atoms with E-state index >= 15 is 0 Å². The number of nitrogens with one attached hydrogen (secondary N) is 1. The van der Waals surface area contributed by atoms with Gasteiger partial charge in [0.05, 0.1) is 0 Å². The fourth-order valence-electron chi connectivity index (χ4n) is 2.04. The number of para-hydroxylation sites is 1. The molecule has 82 valence electrons. The van der Waals surface area contributed by atoms with Crippen molar-refractivity contribution >= 4 is 5.69 Å². The van der Waals surface area contributed by atoms with Crippen LogP contribution in [0.25, 0.3) is 0 Å². The highest BCUT2D eigenvalue weighted by Gasteiger charge is 2.21. The van der Waals surface area contributed by atoms with E-state index < -0.39 is 0 Å². The monoisotopic (exact) mass is 203 g/mol. The molecule has 0 aliphatic heterocycles. The van der Waals surface area contributed by atoms with Gasteiger partial charge >= 0.3 is 0 Å². The van der Waals surface area contributed by atoms with Gasteiger partial charge in [0, 0.05) is 11.7 Å². The van der Waals surface area contributed by atoms with E-state index in [1.54, 1.807) is 0 Å². The largest absolute Gasteiger partial charge is 0.382 e. The lowest BCUT2D eigenvalue weighted by molar-refractivity contribution is 0.444. The molecule has 0 bridgehead atoms. The van der Waals surface area contributed by atoms with Crippen molar-refractivity contribution in [2.75, 3.05) is 5.32 Å². The van der Waals surface area contributed by atoms with Gasteiger partial charge in [-0.05, 0) is 36.3 Å². The van der Waals surface area contributed by atoms with E-state index in [1.165, 1.54) is 30.5 Å². The van der Waals surface area contributed by atoms with E-state index in [0.29, 0.717) is 6.04 Å². The number of hydrogen-bond acceptors (Lipinski definition) is 1. The van der Waals surface area contributed by atoms with Crippen LogP contribution >= 0.6 is 0 Å². The van der Waals surface area contributed by atoms with Gasteiger partial charge in [-0.15, -0.1) is 0 Å². The van der Waals surface area contributed by atoms with E-state index in [0.717, 1.165) is 0 Å². The van der Waals surface area contributed by atoms with Crippen molar-refractivity contribution in [3.8, 4) is 0 Å². The molecular weight excluding hydrogens is 182 g/mol. The van der Waals surface area contributed by atoms with Crippen molar-refractivity contribution in [2.45, 2.75) is 51.5 Å². The van der Waals surface area contributed by atoms with Gasteiger partial charge in [0.25, 0.3) is 0 Å². The minimum Gasteiger partial charge on any atom is -0.382 e. The van der Waals surface area contributed by atoms with Gasteiger partial charge < -0.3 is 5.32 Å². The first-order valence-electron chi connectivity index (χ1n) is 5.93. The summed E-state index contributed by atoms with van der Waals surface area (Å²) in [6.45, 7) is 6.82. The van der Waals surface area contributed by atoms with Gasteiger partial charge in [0.2, 0.25) is 0 Å². The molecule has 0 unspecified atom stereocenters. The van der Waals surface area contributed by atoms with Crippen LogP contribution in [0, 0.1) is 0 Å². The topological polar surface area (TPSA) is 12.0 Å². The maximum absolute atomic E-state index is 3.65. The lowest BCUT2D eigenvalue weighted by Gasteiger charge is -2.31. The number of hydrogen-bond donors (Lipinski definition) is 1. The Morgan fingerprint density at radius 1 is 1.13 bits per heavy atom. The molecule has 2 rings (SSSR count). The third-order valence-electron chi connectivity index (χ3n) is 3.20. The molecule has 1 N–H and O–H groups in total. The maximum atomic E-state index is 3.65. The molecule has 0 atom stereocenters. The molecule has 1 saturated carbocycles. The van der Waals surface area contributed by atoms with Crippen molar-refractivity contribution in [3.63, 3.8) is 0 Å². The molecule has 1 aromatic carbocycles. The van der Waals surface area contributed by atoms with Crippen molar-refractivity contribution in [2.24, 2.45) is 0 Å². The first kappa shape index (κ1) is 10.5. The lowest BCUT2D eigenvalue weighted by atomic mass is 9.85. The Labute approximate surface area is 92.9 Å². The summed E-state index contributed by atoms with van der Waals surface area (Å²) >= 11 is 0. The quantitative estimate of drug-likeness (QED) is 0.767. The second-order valence-electron chi connectivity index (χ2n) is 5.57. The highest BCUT2D eigenvalue weighted by molar-refractivity contribution is 5.54. The van der Waals surface area contributed by atoms with Gasteiger partial charge in [0.1, 0.15) is 0 Å². The zero-order valence-corrected chi connectivity index (χ0v) is 10.0.